The maximum atomic E-state index is 10.8. The molecule has 6 heteroatoms. The lowest BCUT2D eigenvalue weighted by Gasteiger charge is -2.14. The molecule has 0 aromatic heterocycles. The molecule has 1 aromatic rings. The number of nitrogens with one attached hydrogen (secondary N) is 1. The summed E-state index contributed by atoms with van der Waals surface area (Å²) in [5.41, 5.74) is 1.26. The standard InChI is InChI=1S/C13H13BrN2O3/c14-10-2-1-3-11(9(10)6-15)16-7-8-4-5-12(19-8)13(17)18/h1-3,8,12,16H,4-5,7H2,(H,17,18). The number of nitrogens with zero attached hydrogens (tertiary/aromatic N) is 1. The number of nitriles is 1. The van der Waals surface area contributed by atoms with E-state index in [0.717, 1.165) is 10.2 Å². The van der Waals surface area contributed by atoms with E-state index in [2.05, 4.69) is 27.3 Å². The van der Waals surface area contributed by atoms with Crippen LogP contribution < -0.4 is 5.32 Å². The Kier molecular flexibility index (Phi) is 4.40. The number of benzene rings is 1. The Hall–Kier alpha value is -1.58. The molecule has 1 saturated heterocycles. The fourth-order valence-corrected chi connectivity index (χ4v) is 2.50. The first-order valence-corrected chi connectivity index (χ1v) is 6.72. The fraction of sp³-hybridized carbons (Fsp3) is 0.385. The highest BCUT2D eigenvalue weighted by Gasteiger charge is 2.30. The molecule has 2 atom stereocenters. The quantitative estimate of drug-likeness (QED) is 0.888. The Labute approximate surface area is 119 Å². The van der Waals surface area contributed by atoms with Crippen molar-refractivity contribution < 1.29 is 14.6 Å². The van der Waals surface area contributed by atoms with Crippen molar-refractivity contribution in [1.82, 2.24) is 0 Å². The molecule has 1 aliphatic rings. The number of hydrogen-bond donors (Lipinski definition) is 2. The molecule has 0 radical (unpaired) electrons. The van der Waals surface area contributed by atoms with E-state index in [-0.39, 0.29) is 6.10 Å². The molecule has 0 saturated carbocycles. The number of carboxylic acids is 1. The first kappa shape index (κ1) is 13.8. The lowest BCUT2D eigenvalue weighted by Crippen LogP contribution is -2.24. The predicted molar refractivity (Wildman–Crippen MR) is 72.9 cm³/mol. The second-order valence-electron chi connectivity index (χ2n) is 4.32. The summed E-state index contributed by atoms with van der Waals surface area (Å²) in [5.74, 6) is -0.914. The van der Waals surface area contributed by atoms with Crippen LogP contribution in [0.15, 0.2) is 22.7 Å². The minimum absolute atomic E-state index is 0.133. The van der Waals surface area contributed by atoms with Crippen LogP contribution in [-0.2, 0) is 9.53 Å². The summed E-state index contributed by atoms with van der Waals surface area (Å²) in [5, 5.41) is 21.1. The summed E-state index contributed by atoms with van der Waals surface area (Å²) in [4.78, 5) is 10.8. The Morgan fingerprint density at radius 3 is 3.00 bits per heavy atom. The minimum atomic E-state index is -0.914. The molecule has 0 spiro atoms. The predicted octanol–water partition coefficient (Wildman–Crippen LogP) is 2.36. The topological polar surface area (TPSA) is 82.4 Å². The number of halogens is 1. The van der Waals surface area contributed by atoms with Crippen LogP contribution in [-0.4, -0.2) is 29.8 Å². The van der Waals surface area contributed by atoms with Crippen LogP contribution in [0.25, 0.3) is 0 Å². The molecule has 0 amide bonds. The van der Waals surface area contributed by atoms with Crippen molar-refractivity contribution in [3.05, 3.63) is 28.2 Å². The molecular formula is C13H13BrN2O3. The van der Waals surface area contributed by atoms with Crippen LogP contribution in [0.1, 0.15) is 18.4 Å². The van der Waals surface area contributed by atoms with E-state index in [0.29, 0.717) is 24.9 Å². The van der Waals surface area contributed by atoms with Gasteiger partial charge in [0.1, 0.15) is 6.07 Å². The Morgan fingerprint density at radius 2 is 2.37 bits per heavy atom. The van der Waals surface area contributed by atoms with Crippen LogP contribution in [0.5, 0.6) is 0 Å². The monoisotopic (exact) mass is 324 g/mol. The van der Waals surface area contributed by atoms with E-state index >= 15 is 0 Å². The largest absolute Gasteiger partial charge is 0.479 e. The van der Waals surface area contributed by atoms with Gasteiger partial charge in [-0.1, -0.05) is 6.07 Å². The third-order valence-electron chi connectivity index (χ3n) is 3.03. The summed E-state index contributed by atoms with van der Waals surface area (Å²) in [7, 11) is 0. The van der Waals surface area contributed by atoms with Gasteiger partial charge in [0, 0.05) is 11.0 Å². The highest BCUT2D eigenvalue weighted by molar-refractivity contribution is 9.10. The summed E-state index contributed by atoms with van der Waals surface area (Å²) >= 11 is 3.32. The van der Waals surface area contributed by atoms with Crippen LogP contribution in [0.4, 0.5) is 5.69 Å². The van der Waals surface area contributed by atoms with Gasteiger partial charge in [0.2, 0.25) is 0 Å². The highest BCUT2D eigenvalue weighted by atomic mass is 79.9. The van der Waals surface area contributed by atoms with Gasteiger partial charge in [-0.2, -0.15) is 5.26 Å². The molecule has 1 aromatic carbocycles. The van der Waals surface area contributed by atoms with Crippen molar-refractivity contribution in [2.75, 3.05) is 11.9 Å². The molecule has 2 rings (SSSR count). The number of anilines is 1. The molecule has 1 fully saturated rings. The number of ether oxygens (including phenoxy) is 1. The van der Waals surface area contributed by atoms with Crippen molar-refractivity contribution >= 4 is 27.6 Å². The zero-order valence-electron chi connectivity index (χ0n) is 10.1. The van der Waals surface area contributed by atoms with Crippen molar-refractivity contribution in [2.24, 2.45) is 0 Å². The van der Waals surface area contributed by atoms with Crippen LogP contribution in [0.3, 0.4) is 0 Å². The number of hydrogen-bond acceptors (Lipinski definition) is 4. The average Bonchev–Trinajstić information content (AvgIpc) is 2.85. The molecule has 0 bridgehead atoms. The van der Waals surface area contributed by atoms with Crippen molar-refractivity contribution in [3.63, 3.8) is 0 Å². The zero-order valence-corrected chi connectivity index (χ0v) is 11.7. The molecule has 1 heterocycles. The second-order valence-corrected chi connectivity index (χ2v) is 5.17. The minimum Gasteiger partial charge on any atom is -0.479 e. The lowest BCUT2D eigenvalue weighted by atomic mass is 10.1. The lowest BCUT2D eigenvalue weighted by molar-refractivity contribution is -0.149. The molecule has 2 unspecified atom stereocenters. The van der Waals surface area contributed by atoms with E-state index < -0.39 is 12.1 Å². The molecule has 2 N–H and O–H groups in total. The van der Waals surface area contributed by atoms with Gasteiger partial charge in [-0.05, 0) is 40.9 Å². The zero-order chi connectivity index (χ0) is 13.8. The molecule has 0 aliphatic carbocycles. The maximum Gasteiger partial charge on any atom is 0.332 e. The summed E-state index contributed by atoms with van der Waals surface area (Å²) in [6.07, 6.45) is 0.405. The smallest absolute Gasteiger partial charge is 0.332 e. The van der Waals surface area contributed by atoms with Gasteiger partial charge < -0.3 is 15.2 Å². The normalized spacial score (nSPS) is 21.9. The van der Waals surface area contributed by atoms with Crippen molar-refractivity contribution in [2.45, 2.75) is 25.0 Å². The maximum absolute atomic E-state index is 10.8. The van der Waals surface area contributed by atoms with Crippen molar-refractivity contribution in [1.29, 1.82) is 5.26 Å². The SMILES string of the molecule is N#Cc1c(Br)cccc1NCC1CCC(C(=O)O)O1. The van der Waals surface area contributed by atoms with E-state index in [1.165, 1.54) is 0 Å². The van der Waals surface area contributed by atoms with Crippen LogP contribution >= 0.6 is 15.9 Å². The van der Waals surface area contributed by atoms with E-state index in [1.807, 2.05) is 12.1 Å². The molecular weight excluding hydrogens is 312 g/mol. The third kappa shape index (κ3) is 3.25. The first-order valence-electron chi connectivity index (χ1n) is 5.92. The summed E-state index contributed by atoms with van der Waals surface area (Å²) in [6, 6.07) is 7.57. The number of rotatable bonds is 4. The number of aliphatic carboxylic acids is 1. The van der Waals surface area contributed by atoms with Crippen LogP contribution in [0.2, 0.25) is 0 Å². The van der Waals surface area contributed by atoms with E-state index in [9.17, 15) is 4.79 Å². The highest BCUT2D eigenvalue weighted by Crippen LogP contribution is 2.25. The van der Waals surface area contributed by atoms with Gasteiger partial charge in [-0.15, -0.1) is 0 Å². The van der Waals surface area contributed by atoms with Crippen LogP contribution in [0, 0.1) is 11.3 Å². The van der Waals surface area contributed by atoms with Gasteiger partial charge in [0.15, 0.2) is 6.10 Å². The number of carbonyl (C=O) groups is 1. The van der Waals surface area contributed by atoms with Gasteiger partial charge in [0.05, 0.1) is 17.4 Å². The summed E-state index contributed by atoms with van der Waals surface area (Å²) < 4.78 is 6.12. The van der Waals surface area contributed by atoms with Gasteiger partial charge >= 0.3 is 5.97 Å². The third-order valence-corrected chi connectivity index (χ3v) is 3.69. The van der Waals surface area contributed by atoms with E-state index in [1.54, 1.807) is 6.07 Å². The van der Waals surface area contributed by atoms with E-state index in [4.69, 9.17) is 15.1 Å². The molecule has 100 valence electrons. The Morgan fingerprint density at radius 1 is 1.58 bits per heavy atom. The van der Waals surface area contributed by atoms with Crippen molar-refractivity contribution in [3.8, 4) is 6.07 Å². The first-order chi connectivity index (χ1) is 9.11. The van der Waals surface area contributed by atoms with Gasteiger partial charge in [0.25, 0.3) is 0 Å². The molecule has 19 heavy (non-hydrogen) atoms. The average molecular weight is 325 g/mol. The second kappa shape index (κ2) is 6.04. The summed E-state index contributed by atoms with van der Waals surface area (Å²) in [6.45, 7) is 0.495. The number of carboxylic acid groups (broad SMARTS) is 1. The Bertz CT molecular complexity index is 527. The Balaban J connectivity index is 1.96. The fourth-order valence-electron chi connectivity index (χ4n) is 2.05. The van der Waals surface area contributed by atoms with Gasteiger partial charge in [-0.3, -0.25) is 0 Å². The molecule has 1 aliphatic heterocycles. The molecule has 5 nitrogen and oxygen atoms in total. The van der Waals surface area contributed by atoms with Gasteiger partial charge in [-0.25, -0.2) is 4.79 Å².